The first-order valence-electron chi connectivity index (χ1n) is 6.22. The number of carboxylic acids is 1. The highest BCUT2D eigenvalue weighted by Crippen LogP contribution is 2.31. The summed E-state index contributed by atoms with van der Waals surface area (Å²) in [5, 5.41) is 9.12. The van der Waals surface area contributed by atoms with Crippen LogP contribution in [0, 0.1) is 11.8 Å². The summed E-state index contributed by atoms with van der Waals surface area (Å²) < 4.78 is 36.2. The second-order valence-electron chi connectivity index (χ2n) is 5.09. The SMILES string of the molecule is CC1CC(=O)N(CCCC(F)(F)F)C(C)C1C(=O)O. The summed E-state index contributed by atoms with van der Waals surface area (Å²) in [6.45, 7) is 3.22. The summed E-state index contributed by atoms with van der Waals surface area (Å²) in [6.07, 6.45) is -5.33. The molecule has 1 rings (SSSR count). The van der Waals surface area contributed by atoms with Gasteiger partial charge < -0.3 is 10.0 Å². The second-order valence-corrected chi connectivity index (χ2v) is 5.09. The molecule has 1 saturated heterocycles. The number of rotatable bonds is 4. The highest BCUT2D eigenvalue weighted by atomic mass is 19.4. The number of alkyl halides is 3. The number of piperidine rings is 1. The molecule has 0 radical (unpaired) electrons. The topological polar surface area (TPSA) is 57.6 Å². The highest BCUT2D eigenvalue weighted by molar-refractivity contribution is 5.81. The lowest BCUT2D eigenvalue weighted by Crippen LogP contribution is -2.53. The van der Waals surface area contributed by atoms with E-state index in [0.29, 0.717) is 0 Å². The minimum absolute atomic E-state index is 0.0456. The van der Waals surface area contributed by atoms with Gasteiger partial charge in [-0.1, -0.05) is 6.92 Å². The van der Waals surface area contributed by atoms with Gasteiger partial charge in [-0.15, -0.1) is 0 Å². The number of hydrogen-bond donors (Lipinski definition) is 1. The molecule has 0 bridgehead atoms. The maximum atomic E-state index is 12.1. The fourth-order valence-corrected chi connectivity index (χ4v) is 2.64. The molecule has 19 heavy (non-hydrogen) atoms. The minimum atomic E-state index is -4.25. The van der Waals surface area contributed by atoms with Crippen molar-refractivity contribution < 1.29 is 27.9 Å². The molecule has 0 aromatic heterocycles. The van der Waals surface area contributed by atoms with Gasteiger partial charge in [0, 0.05) is 25.4 Å². The van der Waals surface area contributed by atoms with Crippen molar-refractivity contribution in [3.8, 4) is 0 Å². The number of nitrogens with zero attached hydrogens (tertiary/aromatic N) is 1. The van der Waals surface area contributed by atoms with Crippen molar-refractivity contribution in [2.24, 2.45) is 11.8 Å². The average Bonchev–Trinajstić information content (AvgIpc) is 2.20. The Balaban J connectivity index is 2.66. The van der Waals surface area contributed by atoms with Crippen LogP contribution in [-0.4, -0.2) is 40.6 Å². The van der Waals surface area contributed by atoms with E-state index in [-0.39, 0.29) is 31.2 Å². The van der Waals surface area contributed by atoms with Crippen LogP contribution in [0.25, 0.3) is 0 Å². The monoisotopic (exact) mass is 281 g/mol. The second kappa shape index (κ2) is 5.79. The molecule has 0 aliphatic carbocycles. The third-order valence-corrected chi connectivity index (χ3v) is 3.59. The molecule has 1 aliphatic heterocycles. The van der Waals surface area contributed by atoms with Crippen LogP contribution in [-0.2, 0) is 9.59 Å². The Hall–Kier alpha value is -1.27. The van der Waals surface area contributed by atoms with Gasteiger partial charge in [-0.05, 0) is 19.3 Å². The van der Waals surface area contributed by atoms with Crippen molar-refractivity contribution in [3.63, 3.8) is 0 Å². The van der Waals surface area contributed by atoms with Crippen LogP contribution < -0.4 is 0 Å². The Morgan fingerprint density at radius 3 is 2.47 bits per heavy atom. The maximum absolute atomic E-state index is 12.1. The number of amides is 1. The van der Waals surface area contributed by atoms with Crippen molar-refractivity contribution >= 4 is 11.9 Å². The van der Waals surface area contributed by atoms with Crippen molar-refractivity contribution in [3.05, 3.63) is 0 Å². The van der Waals surface area contributed by atoms with Gasteiger partial charge in [-0.25, -0.2) is 0 Å². The Bertz CT molecular complexity index is 357. The summed E-state index contributed by atoms with van der Waals surface area (Å²) >= 11 is 0. The normalized spacial score (nSPS) is 28.6. The van der Waals surface area contributed by atoms with Gasteiger partial charge in [0.05, 0.1) is 5.92 Å². The van der Waals surface area contributed by atoms with Crippen molar-refractivity contribution in [1.29, 1.82) is 0 Å². The lowest BCUT2D eigenvalue weighted by Gasteiger charge is -2.40. The fraction of sp³-hybridized carbons (Fsp3) is 0.833. The van der Waals surface area contributed by atoms with Crippen LogP contribution in [0.1, 0.15) is 33.1 Å². The van der Waals surface area contributed by atoms with E-state index in [2.05, 4.69) is 0 Å². The van der Waals surface area contributed by atoms with E-state index in [9.17, 15) is 22.8 Å². The third kappa shape index (κ3) is 4.11. The van der Waals surface area contributed by atoms with Gasteiger partial charge in [0.15, 0.2) is 0 Å². The molecule has 1 fully saturated rings. The van der Waals surface area contributed by atoms with Crippen LogP contribution in [0.3, 0.4) is 0 Å². The number of hydrogen-bond acceptors (Lipinski definition) is 2. The minimum Gasteiger partial charge on any atom is -0.481 e. The molecular weight excluding hydrogens is 263 g/mol. The Kier molecular flexibility index (Phi) is 4.81. The molecule has 3 atom stereocenters. The van der Waals surface area contributed by atoms with E-state index in [1.54, 1.807) is 13.8 Å². The Morgan fingerprint density at radius 2 is 2.00 bits per heavy atom. The summed E-state index contributed by atoms with van der Waals surface area (Å²) in [4.78, 5) is 24.2. The molecule has 4 nitrogen and oxygen atoms in total. The molecule has 1 amide bonds. The molecule has 0 saturated carbocycles. The van der Waals surface area contributed by atoms with E-state index >= 15 is 0 Å². The van der Waals surface area contributed by atoms with Crippen molar-refractivity contribution in [2.45, 2.75) is 45.3 Å². The van der Waals surface area contributed by atoms with E-state index < -0.39 is 30.5 Å². The van der Waals surface area contributed by atoms with Crippen LogP contribution in [0.2, 0.25) is 0 Å². The van der Waals surface area contributed by atoms with Gasteiger partial charge >= 0.3 is 12.1 Å². The molecule has 0 aromatic carbocycles. The van der Waals surface area contributed by atoms with E-state index in [1.807, 2.05) is 0 Å². The van der Waals surface area contributed by atoms with E-state index in [1.165, 1.54) is 4.90 Å². The Morgan fingerprint density at radius 1 is 1.42 bits per heavy atom. The Labute approximate surface area is 109 Å². The molecule has 3 unspecified atom stereocenters. The summed E-state index contributed by atoms with van der Waals surface area (Å²) in [5.74, 6) is -2.28. The summed E-state index contributed by atoms with van der Waals surface area (Å²) in [7, 11) is 0. The molecule has 1 heterocycles. The van der Waals surface area contributed by atoms with Crippen LogP contribution in [0.4, 0.5) is 13.2 Å². The highest BCUT2D eigenvalue weighted by Gasteiger charge is 2.41. The number of carbonyl (C=O) groups excluding carboxylic acids is 1. The smallest absolute Gasteiger partial charge is 0.389 e. The standard InChI is InChI=1S/C12H18F3NO3/c1-7-6-9(17)16(5-3-4-12(13,14)15)8(2)10(7)11(18)19/h7-8,10H,3-6H2,1-2H3,(H,18,19). The van der Waals surface area contributed by atoms with Gasteiger partial charge in [0.25, 0.3) is 0 Å². The zero-order valence-electron chi connectivity index (χ0n) is 10.9. The third-order valence-electron chi connectivity index (χ3n) is 3.59. The molecular formula is C12H18F3NO3. The largest absolute Gasteiger partial charge is 0.481 e. The lowest BCUT2D eigenvalue weighted by molar-refractivity contribution is -0.157. The number of likely N-dealkylation sites (tertiary alicyclic amines) is 1. The predicted octanol–water partition coefficient (Wildman–Crippen LogP) is 2.29. The predicted molar refractivity (Wildman–Crippen MR) is 61.4 cm³/mol. The van der Waals surface area contributed by atoms with Crippen LogP contribution in [0.5, 0.6) is 0 Å². The summed E-state index contributed by atoms with van der Waals surface area (Å²) in [5.41, 5.74) is 0. The lowest BCUT2D eigenvalue weighted by atomic mass is 9.81. The fourth-order valence-electron chi connectivity index (χ4n) is 2.64. The van der Waals surface area contributed by atoms with E-state index in [4.69, 9.17) is 5.11 Å². The quantitative estimate of drug-likeness (QED) is 0.860. The zero-order chi connectivity index (χ0) is 14.8. The maximum Gasteiger partial charge on any atom is 0.389 e. The van der Waals surface area contributed by atoms with Gasteiger partial charge in [0.1, 0.15) is 0 Å². The number of carboxylic acid groups (broad SMARTS) is 1. The molecule has 110 valence electrons. The van der Waals surface area contributed by atoms with Crippen molar-refractivity contribution in [1.82, 2.24) is 4.90 Å². The number of aliphatic carboxylic acids is 1. The molecule has 1 N–H and O–H groups in total. The zero-order valence-corrected chi connectivity index (χ0v) is 10.9. The van der Waals surface area contributed by atoms with Crippen LogP contribution in [0.15, 0.2) is 0 Å². The van der Waals surface area contributed by atoms with E-state index in [0.717, 1.165) is 0 Å². The number of halogens is 3. The van der Waals surface area contributed by atoms with Crippen molar-refractivity contribution in [2.75, 3.05) is 6.54 Å². The molecule has 0 aromatic rings. The number of carbonyl (C=O) groups is 2. The van der Waals surface area contributed by atoms with Gasteiger partial charge in [0.2, 0.25) is 5.91 Å². The van der Waals surface area contributed by atoms with Gasteiger partial charge in [-0.3, -0.25) is 9.59 Å². The first-order valence-corrected chi connectivity index (χ1v) is 6.22. The molecule has 1 aliphatic rings. The average molecular weight is 281 g/mol. The van der Waals surface area contributed by atoms with Crippen LogP contribution >= 0.6 is 0 Å². The van der Waals surface area contributed by atoms with Gasteiger partial charge in [-0.2, -0.15) is 13.2 Å². The molecule has 7 heteroatoms. The first kappa shape index (κ1) is 15.8. The summed E-state index contributed by atoms with van der Waals surface area (Å²) in [6, 6.07) is -0.568. The molecule has 0 spiro atoms. The first-order chi connectivity index (χ1) is 8.63.